The predicted molar refractivity (Wildman–Crippen MR) is 84.5 cm³/mol. The third-order valence-corrected chi connectivity index (χ3v) is 5.66. The molecule has 0 spiro atoms. The largest absolute Gasteiger partial charge is 0.302 e. The van der Waals surface area contributed by atoms with E-state index in [2.05, 4.69) is 56.3 Å². The van der Waals surface area contributed by atoms with Gasteiger partial charge in [0.25, 0.3) is 0 Å². The molecule has 0 saturated heterocycles. The van der Waals surface area contributed by atoms with Crippen molar-refractivity contribution in [1.29, 1.82) is 0 Å². The van der Waals surface area contributed by atoms with Gasteiger partial charge in [-0.15, -0.1) is 0 Å². The molecule has 2 aromatic rings. The fraction of sp³-hybridized carbons (Fsp3) is 0.316. The highest BCUT2D eigenvalue weighted by Crippen LogP contribution is 2.62. The zero-order valence-corrected chi connectivity index (χ0v) is 12.7. The molecule has 0 fully saturated rings. The SMILES string of the molecule is CC(=O)N1c2ccccc2[C@]2(C)Cc3ccccc3[C@]12C. The van der Waals surface area contributed by atoms with Crippen LogP contribution in [0.1, 0.15) is 37.5 Å². The molecule has 0 radical (unpaired) electrons. The van der Waals surface area contributed by atoms with Crippen LogP contribution in [0.3, 0.4) is 0 Å². The summed E-state index contributed by atoms with van der Waals surface area (Å²) in [5.41, 5.74) is 4.67. The van der Waals surface area contributed by atoms with Gasteiger partial charge in [-0.05, 0) is 36.1 Å². The van der Waals surface area contributed by atoms with Gasteiger partial charge in [0.2, 0.25) is 5.91 Å². The monoisotopic (exact) mass is 277 g/mol. The molecule has 2 heteroatoms. The number of amides is 1. The third-order valence-electron chi connectivity index (χ3n) is 5.66. The maximum atomic E-state index is 12.4. The van der Waals surface area contributed by atoms with Crippen LogP contribution in [-0.4, -0.2) is 5.91 Å². The standard InChI is InChI=1S/C19H19NO/c1-13(21)20-17-11-7-6-10-16(17)18(2)12-14-8-4-5-9-15(14)19(18,20)3/h4-11H,12H2,1-3H3/t18-,19-/m0/s1. The van der Waals surface area contributed by atoms with Gasteiger partial charge in [-0.2, -0.15) is 0 Å². The minimum absolute atomic E-state index is 0.0566. The van der Waals surface area contributed by atoms with Gasteiger partial charge in [-0.3, -0.25) is 4.79 Å². The molecule has 0 N–H and O–H groups in total. The van der Waals surface area contributed by atoms with Gasteiger partial charge in [0.1, 0.15) is 0 Å². The molecule has 4 rings (SSSR count). The third kappa shape index (κ3) is 1.26. The number of hydrogen-bond acceptors (Lipinski definition) is 1. The first kappa shape index (κ1) is 12.6. The zero-order valence-electron chi connectivity index (χ0n) is 12.7. The van der Waals surface area contributed by atoms with E-state index >= 15 is 0 Å². The van der Waals surface area contributed by atoms with E-state index in [0.717, 1.165) is 12.1 Å². The number of carbonyl (C=O) groups is 1. The second kappa shape index (κ2) is 3.76. The maximum Gasteiger partial charge on any atom is 0.224 e. The van der Waals surface area contributed by atoms with E-state index in [1.54, 1.807) is 6.92 Å². The molecule has 0 aromatic heterocycles. The number of rotatable bonds is 0. The molecule has 21 heavy (non-hydrogen) atoms. The number of hydrogen-bond donors (Lipinski definition) is 0. The highest BCUT2D eigenvalue weighted by molar-refractivity contribution is 5.98. The summed E-state index contributed by atoms with van der Waals surface area (Å²) in [6.07, 6.45) is 0.987. The lowest BCUT2D eigenvalue weighted by Crippen LogP contribution is -2.51. The van der Waals surface area contributed by atoms with E-state index in [0.29, 0.717) is 0 Å². The molecule has 1 amide bonds. The average molecular weight is 277 g/mol. The Morgan fingerprint density at radius 2 is 1.62 bits per heavy atom. The van der Waals surface area contributed by atoms with Crippen LogP contribution in [0.15, 0.2) is 48.5 Å². The van der Waals surface area contributed by atoms with Crippen LogP contribution in [0.25, 0.3) is 0 Å². The van der Waals surface area contributed by atoms with E-state index in [1.165, 1.54) is 16.7 Å². The Morgan fingerprint density at radius 3 is 2.33 bits per heavy atom. The molecular formula is C19H19NO. The van der Waals surface area contributed by atoms with Gasteiger partial charge < -0.3 is 4.90 Å². The number of anilines is 1. The molecule has 0 bridgehead atoms. The first-order valence-corrected chi connectivity index (χ1v) is 7.49. The van der Waals surface area contributed by atoms with Crippen LogP contribution in [0.2, 0.25) is 0 Å². The maximum absolute atomic E-state index is 12.4. The molecule has 2 aliphatic rings. The number of carbonyl (C=O) groups excluding carboxylic acids is 1. The molecule has 0 unspecified atom stereocenters. The molecule has 2 atom stereocenters. The fourth-order valence-electron chi connectivity index (χ4n) is 4.58. The Bertz CT molecular complexity index is 766. The van der Waals surface area contributed by atoms with Crippen molar-refractivity contribution < 1.29 is 4.79 Å². The minimum Gasteiger partial charge on any atom is -0.302 e. The van der Waals surface area contributed by atoms with Gasteiger partial charge in [0.15, 0.2) is 0 Å². The zero-order chi connectivity index (χ0) is 14.8. The van der Waals surface area contributed by atoms with Gasteiger partial charge in [0, 0.05) is 18.0 Å². The molecule has 1 heterocycles. The lowest BCUT2D eigenvalue weighted by atomic mass is 9.70. The Kier molecular flexibility index (Phi) is 2.26. The van der Waals surface area contributed by atoms with Crippen molar-refractivity contribution in [3.63, 3.8) is 0 Å². The molecule has 2 nitrogen and oxygen atoms in total. The lowest BCUT2D eigenvalue weighted by Gasteiger charge is -2.41. The topological polar surface area (TPSA) is 20.3 Å². The summed E-state index contributed by atoms with van der Waals surface area (Å²) in [5, 5.41) is 0. The number of nitrogens with zero attached hydrogens (tertiary/aromatic N) is 1. The fourth-order valence-corrected chi connectivity index (χ4v) is 4.58. The smallest absolute Gasteiger partial charge is 0.224 e. The average Bonchev–Trinajstić information content (AvgIpc) is 2.80. The summed E-state index contributed by atoms with van der Waals surface area (Å²) in [4.78, 5) is 14.4. The van der Waals surface area contributed by atoms with Gasteiger partial charge in [-0.25, -0.2) is 0 Å². The lowest BCUT2D eigenvalue weighted by molar-refractivity contribution is -0.118. The Hall–Kier alpha value is -2.09. The van der Waals surface area contributed by atoms with E-state index in [9.17, 15) is 4.79 Å². The first-order chi connectivity index (χ1) is 10.00. The highest BCUT2D eigenvalue weighted by atomic mass is 16.2. The van der Waals surface area contributed by atoms with E-state index in [-0.39, 0.29) is 16.9 Å². The van der Waals surface area contributed by atoms with Crippen LogP contribution in [-0.2, 0) is 22.2 Å². The highest BCUT2D eigenvalue weighted by Gasteiger charge is 2.62. The summed E-state index contributed by atoms with van der Waals surface area (Å²) in [6.45, 7) is 6.20. The predicted octanol–water partition coefficient (Wildman–Crippen LogP) is 3.78. The van der Waals surface area contributed by atoms with E-state index in [1.807, 2.05) is 11.0 Å². The van der Waals surface area contributed by atoms with Crippen molar-refractivity contribution in [3.05, 3.63) is 65.2 Å². The van der Waals surface area contributed by atoms with Gasteiger partial charge >= 0.3 is 0 Å². The minimum atomic E-state index is -0.293. The van der Waals surface area contributed by atoms with Crippen LogP contribution in [0.4, 0.5) is 5.69 Å². The van der Waals surface area contributed by atoms with Crippen molar-refractivity contribution in [2.45, 2.75) is 38.1 Å². The molecule has 106 valence electrons. The second-order valence-electron chi connectivity index (χ2n) is 6.61. The summed E-state index contributed by atoms with van der Waals surface area (Å²) in [6, 6.07) is 16.9. The Labute approximate surface area is 125 Å². The Balaban J connectivity index is 2.08. The summed E-state index contributed by atoms with van der Waals surface area (Å²) in [7, 11) is 0. The first-order valence-electron chi connectivity index (χ1n) is 7.49. The van der Waals surface area contributed by atoms with E-state index < -0.39 is 0 Å². The van der Waals surface area contributed by atoms with Crippen LogP contribution in [0, 0.1) is 0 Å². The summed E-state index contributed by atoms with van der Waals surface area (Å²) in [5.74, 6) is 0.116. The normalized spacial score (nSPS) is 29.0. The molecule has 0 saturated carbocycles. The summed E-state index contributed by atoms with van der Waals surface area (Å²) >= 11 is 0. The summed E-state index contributed by atoms with van der Waals surface area (Å²) < 4.78 is 0. The quantitative estimate of drug-likeness (QED) is 0.717. The van der Waals surface area contributed by atoms with Crippen molar-refractivity contribution >= 4 is 11.6 Å². The molecule has 1 aliphatic heterocycles. The van der Waals surface area contributed by atoms with Gasteiger partial charge in [-0.1, -0.05) is 49.4 Å². The van der Waals surface area contributed by atoms with Crippen molar-refractivity contribution in [2.75, 3.05) is 4.90 Å². The van der Waals surface area contributed by atoms with Crippen LogP contribution >= 0.6 is 0 Å². The van der Waals surface area contributed by atoms with Crippen molar-refractivity contribution in [2.24, 2.45) is 0 Å². The molecule has 2 aromatic carbocycles. The van der Waals surface area contributed by atoms with Crippen molar-refractivity contribution in [1.82, 2.24) is 0 Å². The van der Waals surface area contributed by atoms with E-state index in [4.69, 9.17) is 0 Å². The number of benzene rings is 2. The van der Waals surface area contributed by atoms with Crippen LogP contribution in [0.5, 0.6) is 0 Å². The molecule has 1 aliphatic carbocycles. The number of para-hydroxylation sites is 1. The molecular weight excluding hydrogens is 258 g/mol. The Morgan fingerprint density at radius 1 is 1.00 bits per heavy atom. The van der Waals surface area contributed by atoms with Crippen molar-refractivity contribution in [3.8, 4) is 0 Å². The van der Waals surface area contributed by atoms with Gasteiger partial charge in [0.05, 0.1) is 5.54 Å². The number of fused-ring (bicyclic) bond motifs is 5. The van der Waals surface area contributed by atoms with Crippen LogP contribution < -0.4 is 4.90 Å². The second-order valence-corrected chi connectivity index (χ2v) is 6.61.